The summed E-state index contributed by atoms with van der Waals surface area (Å²) in [6.45, 7) is 0. The van der Waals surface area contributed by atoms with Gasteiger partial charge in [-0.2, -0.15) is 0 Å². The second-order valence-electron chi connectivity index (χ2n) is 29.5. The van der Waals surface area contributed by atoms with Crippen molar-refractivity contribution in [2.24, 2.45) is 0 Å². The van der Waals surface area contributed by atoms with Crippen LogP contribution >= 0.6 is 0 Å². The Morgan fingerprint density at radius 2 is 0.372 bits per heavy atom. The van der Waals surface area contributed by atoms with Gasteiger partial charge in [0.25, 0.3) is 0 Å². The first-order valence-electron chi connectivity index (χ1n) is 38.8. The Labute approximate surface area is 652 Å². The van der Waals surface area contributed by atoms with Crippen LogP contribution < -0.4 is 0 Å². The smallest absolute Gasteiger partial charge is 0.136 e. The topological polar surface area (TPSA) is 32.9 Å². The standard InChI is InChI=1S/C60H40N2.C48H30N2O/c1-5-17-41(18-6-1)47-33-48(42-19-7-2-8-20-42)36-51(35-47)61-57-27-15-13-25-53(57)55-39-45(29-31-59(55)61)46-30-32-60-56(40-46)54-26-14-16-28-58(54)62(60)52-37-49(43-21-9-3-10-22-43)34-50(38-52)44-23-11-4-12-24-44;1-2-10-35(11-3-1)49-43-15-7-4-12-37(43)41-28-32(21-26-45(41)49)33-22-27-46-42(29-33)38-13-5-8-16-44(38)50(46)36-23-18-31(19-24-36)34-20-25-40-39-14-6-9-17-47(39)51-48(40)30-34/h1-40H;1-30H. The van der Waals surface area contributed by atoms with Gasteiger partial charge in [0.1, 0.15) is 11.2 Å². The Morgan fingerprint density at radius 1 is 0.124 bits per heavy atom. The molecule has 5 heterocycles. The Kier molecular flexibility index (Phi) is 15.5. The van der Waals surface area contributed by atoms with E-state index < -0.39 is 0 Å². The summed E-state index contributed by atoms with van der Waals surface area (Å²) in [5, 5.41) is 12.3. The van der Waals surface area contributed by atoms with E-state index in [4.69, 9.17) is 4.42 Å². The number of furan rings is 1. The summed E-state index contributed by atoms with van der Waals surface area (Å²) in [5.74, 6) is 0. The summed E-state index contributed by atoms with van der Waals surface area (Å²) in [5.41, 5.74) is 32.7. The maximum absolute atomic E-state index is 6.19. The molecular formula is C108H70N4O. The van der Waals surface area contributed by atoms with E-state index >= 15 is 0 Å². The first-order chi connectivity index (χ1) is 56.0. The highest BCUT2D eigenvalue weighted by Gasteiger charge is 2.22. The fourth-order valence-corrected chi connectivity index (χ4v) is 17.7. The number of fused-ring (bicyclic) bond motifs is 15. The van der Waals surface area contributed by atoms with Crippen molar-refractivity contribution in [3.8, 4) is 101 Å². The third-order valence-electron chi connectivity index (χ3n) is 23.0. The van der Waals surface area contributed by atoms with E-state index in [9.17, 15) is 0 Å². The molecule has 113 heavy (non-hydrogen) atoms. The molecule has 0 unspecified atom stereocenters. The summed E-state index contributed by atoms with van der Waals surface area (Å²) in [4.78, 5) is 0. The van der Waals surface area contributed by atoms with Crippen LogP contribution in [0.15, 0.2) is 429 Å². The monoisotopic (exact) mass is 1440 g/mol. The molecule has 0 spiro atoms. The molecule has 0 radical (unpaired) electrons. The summed E-state index contributed by atoms with van der Waals surface area (Å²) in [6, 6.07) is 154. The third-order valence-corrected chi connectivity index (χ3v) is 23.0. The maximum atomic E-state index is 6.19. The Balaban J connectivity index is 0.000000141. The van der Waals surface area contributed by atoms with E-state index in [1.54, 1.807) is 0 Å². The number of hydrogen-bond donors (Lipinski definition) is 0. The number of nitrogens with zero attached hydrogens (tertiary/aromatic N) is 4. The highest BCUT2D eigenvalue weighted by Crippen LogP contribution is 2.44. The number of benzene rings is 18. The summed E-state index contributed by atoms with van der Waals surface area (Å²) >= 11 is 0. The van der Waals surface area contributed by atoms with E-state index in [-0.39, 0.29) is 0 Å². The lowest BCUT2D eigenvalue weighted by Gasteiger charge is -2.14. The minimum absolute atomic E-state index is 0.914. The lowest BCUT2D eigenvalue weighted by molar-refractivity contribution is 0.669. The molecule has 0 aliphatic heterocycles. The lowest BCUT2D eigenvalue weighted by Crippen LogP contribution is -1.96. The minimum Gasteiger partial charge on any atom is -0.456 e. The predicted molar refractivity (Wildman–Crippen MR) is 476 cm³/mol. The molecule has 0 saturated carbocycles. The van der Waals surface area contributed by atoms with Crippen molar-refractivity contribution in [2.75, 3.05) is 0 Å². The van der Waals surface area contributed by atoms with Crippen LogP contribution in [-0.4, -0.2) is 18.3 Å². The molecule has 0 aliphatic rings. The van der Waals surface area contributed by atoms with Gasteiger partial charge in [-0.3, -0.25) is 0 Å². The van der Waals surface area contributed by atoms with Crippen LogP contribution in [0.1, 0.15) is 0 Å². The van der Waals surface area contributed by atoms with Crippen LogP contribution in [0.4, 0.5) is 0 Å². The SMILES string of the molecule is c1ccc(-c2cc(-c3ccccc3)cc(-n3c4ccccc4c4cc(-c5ccc6c(c5)c5ccccc5n6-c5cc(-c6ccccc6)cc(-c6ccccc6)c5)ccc43)c2)cc1.c1ccc(-n2c3ccccc3c3cc(-c4ccc5c(c4)c4ccccc4n5-c4ccc(-c5ccc6c(c5)oc5ccccc56)cc4)ccc32)cc1. The highest BCUT2D eigenvalue weighted by molar-refractivity contribution is 6.15. The Bertz CT molecular complexity index is 7270. The molecule has 0 amide bonds. The van der Waals surface area contributed by atoms with Gasteiger partial charge in [0, 0.05) is 76.6 Å². The van der Waals surface area contributed by atoms with E-state index in [2.05, 4.69) is 431 Å². The molecule has 528 valence electrons. The van der Waals surface area contributed by atoms with Crippen LogP contribution in [-0.2, 0) is 0 Å². The van der Waals surface area contributed by atoms with Gasteiger partial charge in [0.2, 0.25) is 0 Å². The zero-order chi connectivity index (χ0) is 74.5. The largest absolute Gasteiger partial charge is 0.456 e. The molecule has 0 N–H and O–H groups in total. The molecule has 0 bridgehead atoms. The van der Waals surface area contributed by atoms with Crippen molar-refractivity contribution >= 4 is 109 Å². The van der Waals surface area contributed by atoms with Gasteiger partial charge in [-0.25, -0.2) is 0 Å². The molecule has 5 aromatic heterocycles. The fraction of sp³-hybridized carbons (Fsp3) is 0. The van der Waals surface area contributed by atoms with E-state index in [1.165, 1.54) is 160 Å². The van der Waals surface area contributed by atoms with E-state index in [1.807, 2.05) is 12.1 Å². The van der Waals surface area contributed by atoms with Gasteiger partial charge >= 0.3 is 0 Å². The second kappa shape index (κ2) is 27.0. The van der Waals surface area contributed by atoms with Crippen LogP contribution in [0, 0.1) is 0 Å². The lowest BCUT2D eigenvalue weighted by atomic mass is 9.98. The van der Waals surface area contributed by atoms with Crippen molar-refractivity contribution in [1.82, 2.24) is 18.3 Å². The first kappa shape index (κ1) is 65.1. The fourth-order valence-electron chi connectivity index (χ4n) is 17.7. The summed E-state index contributed by atoms with van der Waals surface area (Å²) < 4.78 is 15.8. The number of para-hydroxylation sites is 6. The normalized spacial score (nSPS) is 11.7. The molecule has 5 nitrogen and oxygen atoms in total. The molecule has 0 fully saturated rings. The molecule has 23 rings (SSSR count). The van der Waals surface area contributed by atoms with Gasteiger partial charge in [-0.1, -0.05) is 273 Å². The molecule has 18 aromatic carbocycles. The molecule has 5 heteroatoms. The predicted octanol–water partition coefficient (Wildman–Crippen LogP) is 29.3. The molecule has 23 aromatic rings. The quantitative estimate of drug-likeness (QED) is 0.127. The second-order valence-corrected chi connectivity index (χ2v) is 29.5. The Morgan fingerprint density at radius 3 is 0.735 bits per heavy atom. The van der Waals surface area contributed by atoms with Crippen LogP contribution in [0.5, 0.6) is 0 Å². The van der Waals surface area contributed by atoms with E-state index in [0.29, 0.717) is 0 Å². The van der Waals surface area contributed by atoms with Crippen LogP contribution in [0.25, 0.3) is 210 Å². The number of hydrogen-bond acceptors (Lipinski definition) is 1. The number of aromatic nitrogens is 4. The van der Waals surface area contributed by atoms with Crippen molar-refractivity contribution in [1.29, 1.82) is 0 Å². The highest BCUT2D eigenvalue weighted by atomic mass is 16.3. The van der Waals surface area contributed by atoms with Crippen LogP contribution in [0.2, 0.25) is 0 Å². The Hall–Kier alpha value is -15.0. The van der Waals surface area contributed by atoms with Crippen molar-refractivity contribution in [3.05, 3.63) is 425 Å². The molecule has 0 saturated heterocycles. The van der Waals surface area contributed by atoms with Gasteiger partial charge in [0.15, 0.2) is 0 Å². The van der Waals surface area contributed by atoms with Gasteiger partial charge in [-0.15, -0.1) is 0 Å². The van der Waals surface area contributed by atoms with Gasteiger partial charge in [0.05, 0.1) is 44.1 Å². The minimum atomic E-state index is 0.914. The van der Waals surface area contributed by atoms with Crippen LogP contribution in [0.3, 0.4) is 0 Å². The average Bonchev–Trinajstić information content (AvgIpc) is 1.59. The van der Waals surface area contributed by atoms with Gasteiger partial charge < -0.3 is 22.7 Å². The third kappa shape index (κ3) is 11.2. The number of rotatable bonds is 11. The van der Waals surface area contributed by atoms with E-state index in [0.717, 1.165) is 50.1 Å². The zero-order valence-corrected chi connectivity index (χ0v) is 61.6. The first-order valence-corrected chi connectivity index (χ1v) is 38.8. The average molecular weight is 1440 g/mol. The van der Waals surface area contributed by atoms with Crippen molar-refractivity contribution in [2.45, 2.75) is 0 Å². The zero-order valence-electron chi connectivity index (χ0n) is 61.6. The molecule has 0 aliphatic carbocycles. The van der Waals surface area contributed by atoms with Crippen molar-refractivity contribution in [3.63, 3.8) is 0 Å². The molecule has 0 atom stereocenters. The molecular weight excluding hydrogens is 1370 g/mol. The van der Waals surface area contributed by atoms with Crippen molar-refractivity contribution < 1.29 is 4.42 Å². The van der Waals surface area contributed by atoms with Gasteiger partial charge in [-0.05, 0) is 230 Å². The summed E-state index contributed by atoms with van der Waals surface area (Å²) in [6.07, 6.45) is 0. The maximum Gasteiger partial charge on any atom is 0.136 e. The summed E-state index contributed by atoms with van der Waals surface area (Å²) in [7, 11) is 0.